The highest BCUT2D eigenvalue weighted by Crippen LogP contribution is 2.22. The van der Waals surface area contributed by atoms with Crippen LogP contribution in [0.4, 0.5) is 5.69 Å². The van der Waals surface area contributed by atoms with E-state index >= 15 is 0 Å². The van der Waals surface area contributed by atoms with E-state index in [9.17, 15) is 5.11 Å². The Labute approximate surface area is 115 Å². The molecule has 2 nitrogen and oxygen atoms in total. The van der Waals surface area contributed by atoms with E-state index in [1.54, 1.807) is 6.07 Å². The summed E-state index contributed by atoms with van der Waals surface area (Å²) in [7, 11) is 2.04. The molecule has 0 aliphatic rings. The lowest BCUT2D eigenvalue weighted by Crippen LogP contribution is -2.16. The van der Waals surface area contributed by atoms with Crippen LogP contribution in [0.15, 0.2) is 42.5 Å². The number of hydrogen-bond donors (Lipinski definition) is 1. The Hall–Kier alpha value is -1.96. The third-order valence-corrected chi connectivity index (χ3v) is 3.43. The molecule has 2 heteroatoms. The van der Waals surface area contributed by atoms with Gasteiger partial charge in [-0.3, -0.25) is 0 Å². The summed E-state index contributed by atoms with van der Waals surface area (Å²) in [6.07, 6.45) is 1.06. The van der Waals surface area contributed by atoms with Gasteiger partial charge in [-0.25, -0.2) is 0 Å². The van der Waals surface area contributed by atoms with Crippen molar-refractivity contribution in [2.75, 3.05) is 11.9 Å². The molecule has 2 aromatic carbocycles. The van der Waals surface area contributed by atoms with Crippen LogP contribution in [0.1, 0.15) is 23.6 Å². The van der Waals surface area contributed by atoms with Gasteiger partial charge in [0.15, 0.2) is 0 Å². The first-order valence-electron chi connectivity index (χ1n) is 6.68. The first-order valence-corrected chi connectivity index (χ1v) is 6.68. The molecule has 2 aromatic rings. The molecule has 0 radical (unpaired) electrons. The predicted molar refractivity (Wildman–Crippen MR) is 80.8 cm³/mol. The lowest BCUT2D eigenvalue weighted by molar-refractivity contribution is 0.467. The summed E-state index contributed by atoms with van der Waals surface area (Å²) in [6, 6.07) is 14.3. The lowest BCUT2D eigenvalue weighted by atomic mass is 10.1. The average molecular weight is 255 g/mol. The minimum Gasteiger partial charge on any atom is -0.508 e. The fourth-order valence-electron chi connectivity index (χ4n) is 2.17. The lowest BCUT2D eigenvalue weighted by Gasteiger charge is -2.20. The number of phenols is 1. The number of anilines is 1. The maximum absolute atomic E-state index is 9.89. The van der Waals surface area contributed by atoms with E-state index in [0.717, 1.165) is 17.7 Å². The number of aryl methyl sites for hydroxylation is 2. The van der Waals surface area contributed by atoms with E-state index in [1.807, 2.05) is 26.1 Å². The Morgan fingerprint density at radius 1 is 1.05 bits per heavy atom. The van der Waals surface area contributed by atoms with Gasteiger partial charge >= 0.3 is 0 Å². The van der Waals surface area contributed by atoms with E-state index in [2.05, 4.69) is 36.1 Å². The van der Waals surface area contributed by atoms with Gasteiger partial charge in [0.2, 0.25) is 0 Å². The molecule has 0 atom stereocenters. The Bertz CT molecular complexity index is 546. The molecule has 0 bridgehead atoms. The van der Waals surface area contributed by atoms with Crippen LogP contribution in [0.25, 0.3) is 0 Å². The quantitative estimate of drug-likeness (QED) is 0.895. The van der Waals surface area contributed by atoms with Crippen LogP contribution < -0.4 is 4.90 Å². The summed E-state index contributed by atoms with van der Waals surface area (Å²) < 4.78 is 0. The first kappa shape index (κ1) is 13.5. The normalized spacial score (nSPS) is 10.5. The Morgan fingerprint density at radius 2 is 1.74 bits per heavy atom. The highest BCUT2D eigenvalue weighted by Gasteiger charge is 2.06. The second-order valence-electron chi connectivity index (χ2n) is 5.01. The molecule has 0 aliphatic heterocycles. The van der Waals surface area contributed by atoms with Crippen LogP contribution in [0.2, 0.25) is 0 Å². The van der Waals surface area contributed by atoms with E-state index < -0.39 is 0 Å². The van der Waals surface area contributed by atoms with Crippen molar-refractivity contribution in [1.29, 1.82) is 0 Å². The maximum atomic E-state index is 9.89. The van der Waals surface area contributed by atoms with Gasteiger partial charge in [-0.15, -0.1) is 0 Å². The highest BCUT2D eigenvalue weighted by molar-refractivity contribution is 5.49. The van der Waals surface area contributed by atoms with E-state index in [-0.39, 0.29) is 0 Å². The molecular weight excluding hydrogens is 234 g/mol. The van der Waals surface area contributed by atoms with Gasteiger partial charge in [0.25, 0.3) is 0 Å². The second kappa shape index (κ2) is 5.79. The number of hydrogen-bond acceptors (Lipinski definition) is 2. The summed E-state index contributed by atoms with van der Waals surface area (Å²) in [6.45, 7) is 4.90. The fraction of sp³-hybridized carbons (Fsp3) is 0.294. The monoisotopic (exact) mass is 255 g/mol. The predicted octanol–water partition coefficient (Wildman–Crippen LogP) is 3.90. The summed E-state index contributed by atoms with van der Waals surface area (Å²) in [4.78, 5) is 2.15. The van der Waals surface area contributed by atoms with Crippen LogP contribution in [0.5, 0.6) is 5.75 Å². The maximum Gasteiger partial charge on any atom is 0.120 e. The molecular formula is C17H21NO. The molecule has 0 saturated heterocycles. The molecule has 0 aromatic heterocycles. The minimum absolute atomic E-state index is 0.364. The molecule has 0 fully saturated rings. The van der Waals surface area contributed by atoms with Crippen LogP contribution >= 0.6 is 0 Å². The van der Waals surface area contributed by atoms with Gasteiger partial charge in [-0.05, 0) is 37.1 Å². The molecule has 100 valence electrons. The zero-order valence-electron chi connectivity index (χ0n) is 11.9. The van der Waals surface area contributed by atoms with Gasteiger partial charge in [0.1, 0.15) is 5.75 Å². The van der Waals surface area contributed by atoms with Gasteiger partial charge in [-0.2, -0.15) is 0 Å². The molecule has 0 amide bonds. The van der Waals surface area contributed by atoms with E-state index in [4.69, 9.17) is 0 Å². The van der Waals surface area contributed by atoms with Crippen LogP contribution in [-0.4, -0.2) is 12.2 Å². The Balaban J connectivity index is 2.15. The van der Waals surface area contributed by atoms with Crippen molar-refractivity contribution in [3.8, 4) is 5.75 Å². The van der Waals surface area contributed by atoms with Gasteiger partial charge < -0.3 is 10.0 Å². The number of nitrogens with zero attached hydrogens (tertiary/aromatic N) is 1. The number of benzene rings is 2. The topological polar surface area (TPSA) is 23.5 Å². The SMILES string of the molecule is CCc1ccc(N(C)Cc2cc(C)ccc2O)cc1. The van der Waals surface area contributed by atoms with Crippen LogP contribution in [-0.2, 0) is 13.0 Å². The van der Waals surface area contributed by atoms with Gasteiger partial charge in [0, 0.05) is 24.8 Å². The van der Waals surface area contributed by atoms with Crippen molar-refractivity contribution in [3.05, 3.63) is 59.2 Å². The largest absolute Gasteiger partial charge is 0.508 e. The summed E-state index contributed by atoms with van der Waals surface area (Å²) in [5, 5.41) is 9.89. The molecule has 0 aliphatic carbocycles. The molecule has 0 saturated carbocycles. The molecule has 19 heavy (non-hydrogen) atoms. The molecule has 0 spiro atoms. The van der Waals surface area contributed by atoms with Crippen molar-refractivity contribution >= 4 is 5.69 Å². The van der Waals surface area contributed by atoms with Crippen molar-refractivity contribution < 1.29 is 5.11 Å². The van der Waals surface area contributed by atoms with Crippen molar-refractivity contribution in [3.63, 3.8) is 0 Å². The van der Waals surface area contributed by atoms with Crippen molar-refractivity contribution in [1.82, 2.24) is 0 Å². The Morgan fingerprint density at radius 3 is 2.37 bits per heavy atom. The second-order valence-corrected chi connectivity index (χ2v) is 5.01. The minimum atomic E-state index is 0.364. The average Bonchev–Trinajstić information content (AvgIpc) is 2.43. The smallest absolute Gasteiger partial charge is 0.120 e. The zero-order valence-corrected chi connectivity index (χ0v) is 11.9. The van der Waals surface area contributed by atoms with Crippen molar-refractivity contribution in [2.45, 2.75) is 26.8 Å². The molecule has 0 heterocycles. The first-order chi connectivity index (χ1) is 9.10. The zero-order chi connectivity index (χ0) is 13.8. The molecule has 1 N–H and O–H groups in total. The number of aromatic hydroxyl groups is 1. The summed E-state index contributed by atoms with van der Waals surface area (Å²) in [5.41, 5.74) is 4.64. The fourth-order valence-corrected chi connectivity index (χ4v) is 2.17. The molecule has 2 rings (SSSR count). The summed E-state index contributed by atoms with van der Waals surface area (Å²) in [5.74, 6) is 0.364. The van der Waals surface area contributed by atoms with Crippen LogP contribution in [0.3, 0.4) is 0 Å². The van der Waals surface area contributed by atoms with E-state index in [1.165, 1.54) is 11.1 Å². The third kappa shape index (κ3) is 3.28. The van der Waals surface area contributed by atoms with Crippen LogP contribution in [0, 0.1) is 6.92 Å². The van der Waals surface area contributed by atoms with Crippen molar-refractivity contribution in [2.24, 2.45) is 0 Å². The van der Waals surface area contributed by atoms with Gasteiger partial charge in [0.05, 0.1) is 0 Å². The number of phenolic OH excluding ortho intramolecular Hbond substituents is 1. The standard InChI is InChI=1S/C17H21NO/c1-4-14-6-8-16(9-7-14)18(3)12-15-11-13(2)5-10-17(15)19/h5-11,19H,4,12H2,1-3H3. The highest BCUT2D eigenvalue weighted by atomic mass is 16.3. The Kier molecular flexibility index (Phi) is 4.10. The third-order valence-electron chi connectivity index (χ3n) is 3.43. The summed E-state index contributed by atoms with van der Waals surface area (Å²) >= 11 is 0. The van der Waals surface area contributed by atoms with Gasteiger partial charge in [-0.1, -0.05) is 36.8 Å². The van der Waals surface area contributed by atoms with E-state index in [0.29, 0.717) is 12.3 Å². The molecule has 0 unspecified atom stereocenters. The number of rotatable bonds is 4.